The summed E-state index contributed by atoms with van der Waals surface area (Å²) in [6.45, 7) is 4.17. The zero-order valence-corrected chi connectivity index (χ0v) is 20.6. The van der Waals surface area contributed by atoms with Crippen molar-refractivity contribution in [1.29, 1.82) is 0 Å². The molecule has 0 fully saturated rings. The number of carbonyl (C=O) groups is 2. The molecule has 3 unspecified atom stereocenters. The molecule has 2 N–H and O–H groups in total. The maximum atomic E-state index is 15.2. The molecule has 1 aliphatic rings. The second-order valence-corrected chi connectivity index (χ2v) is 9.52. The average Bonchev–Trinajstić information content (AvgIpc) is 2.76. The molecule has 2 amide bonds. The molecule has 2 aromatic carbocycles. The molecule has 14 heteroatoms. The summed E-state index contributed by atoms with van der Waals surface area (Å²) >= 11 is 0. The van der Waals surface area contributed by atoms with Crippen LogP contribution in [0.2, 0.25) is 0 Å². The van der Waals surface area contributed by atoms with Crippen LogP contribution in [0.1, 0.15) is 55.4 Å². The van der Waals surface area contributed by atoms with Crippen LogP contribution < -0.4 is 10.6 Å². The normalized spacial score (nSPS) is 20.9. The number of primary amides is 1. The van der Waals surface area contributed by atoms with Gasteiger partial charge in [-0.1, -0.05) is 18.2 Å². The number of fused-ring (bicyclic) bond motifs is 1. The number of carbonyl (C=O) groups excluding carboxylic acids is 2. The van der Waals surface area contributed by atoms with Gasteiger partial charge in [-0.15, -0.1) is 0 Å². The number of amides is 2. The van der Waals surface area contributed by atoms with Crippen molar-refractivity contribution in [3.63, 3.8) is 0 Å². The monoisotopic (exact) mass is 570 g/mol. The van der Waals surface area contributed by atoms with Crippen LogP contribution in [0.3, 0.4) is 0 Å². The third-order valence-electron chi connectivity index (χ3n) is 6.46. The van der Waals surface area contributed by atoms with E-state index in [2.05, 4.69) is 0 Å². The van der Waals surface area contributed by atoms with Gasteiger partial charge in [0.2, 0.25) is 5.91 Å². The van der Waals surface area contributed by atoms with Gasteiger partial charge < -0.3 is 10.5 Å². The van der Waals surface area contributed by atoms with Gasteiger partial charge in [0.1, 0.15) is 5.41 Å². The Morgan fingerprint density at radius 2 is 1.46 bits per heavy atom. The van der Waals surface area contributed by atoms with E-state index >= 15 is 13.2 Å². The third kappa shape index (κ3) is 5.50. The van der Waals surface area contributed by atoms with E-state index in [0.717, 1.165) is 23.1 Å². The number of nitrogens with zero attached hydrogens (tertiary/aromatic N) is 1. The van der Waals surface area contributed by atoms with Crippen molar-refractivity contribution in [1.82, 2.24) is 0 Å². The van der Waals surface area contributed by atoms with Crippen molar-refractivity contribution in [2.24, 2.45) is 5.73 Å². The Labute approximate surface area is 216 Å². The van der Waals surface area contributed by atoms with Crippen LogP contribution in [0.15, 0.2) is 42.5 Å². The topological polar surface area (TPSA) is 72.6 Å². The van der Waals surface area contributed by atoms with E-state index in [1.807, 2.05) is 0 Å². The molecule has 0 bridgehead atoms. The van der Waals surface area contributed by atoms with Crippen molar-refractivity contribution in [2.75, 3.05) is 4.90 Å². The summed E-state index contributed by atoms with van der Waals surface area (Å²) < 4.78 is 132. The number of halogens is 9. The lowest BCUT2D eigenvalue weighted by Gasteiger charge is -2.50. The SMILES string of the molecule is CC(C)OC(=O)N1c2ccccc2C(C(C(N)=O)c2cc(C(F)(F)F)cc(C(F)(F)F)c2)(C(F)(F)F)CC1C. The van der Waals surface area contributed by atoms with Gasteiger partial charge in [-0.3, -0.25) is 9.69 Å². The molecule has 3 atom stereocenters. The fraction of sp³-hybridized carbons (Fsp3) is 0.440. The van der Waals surface area contributed by atoms with Crippen LogP contribution >= 0.6 is 0 Å². The first-order valence-electron chi connectivity index (χ1n) is 11.5. The Morgan fingerprint density at radius 1 is 0.949 bits per heavy atom. The first-order chi connectivity index (χ1) is 17.7. The Hall–Kier alpha value is -3.45. The number of ether oxygens (including phenoxy) is 1. The van der Waals surface area contributed by atoms with Crippen LogP contribution in [-0.4, -0.2) is 30.3 Å². The van der Waals surface area contributed by atoms with E-state index in [9.17, 15) is 35.9 Å². The summed E-state index contributed by atoms with van der Waals surface area (Å²) in [6, 6.07) is 2.91. The molecule has 0 saturated carbocycles. The smallest absolute Gasteiger partial charge is 0.416 e. The average molecular weight is 570 g/mol. The molecule has 39 heavy (non-hydrogen) atoms. The second kappa shape index (κ2) is 9.94. The number of alkyl halides is 9. The Balaban J connectivity index is 2.42. The first-order valence-corrected chi connectivity index (χ1v) is 11.5. The number of hydrogen-bond acceptors (Lipinski definition) is 3. The second-order valence-electron chi connectivity index (χ2n) is 9.52. The third-order valence-corrected chi connectivity index (χ3v) is 6.46. The summed E-state index contributed by atoms with van der Waals surface area (Å²) in [6.07, 6.45) is -19.0. The summed E-state index contributed by atoms with van der Waals surface area (Å²) in [5, 5.41) is 0. The molecular weight excluding hydrogens is 547 g/mol. The molecule has 0 aromatic heterocycles. The number of benzene rings is 2. The van der Waals surface area contributed by atoms with Gasteiger partial charge in [-0.25, -0.2) is 4.79 Å². The molecule has 1 aliphatic heterocycles. The quantitative estimate of drug-likeness (QED) is 0.405. The van der Waals surface area contributed by atoms with Crippen molar-refractivity contribution in [2.45, 2.75) is 69.2 Å². The summed E-state index contributed by atoms with van der Waals surface area (Å²) in [7, 11) is 0. The minimum atomic E-state index is -5.43. The molecule has 214 valence electrons. The van der Waals surface area contributed by atoms with Crippen LogP contribution in [0.25, 0.3) is 0 Å². The summed E-state index contributed by atoms with van der Waals surface area (Å²) in [5.74, 6) is -4.53. The van der Waals surface area contributed by atoms with E-state index in [0.29, 0.717) is 0 Å². The van der Waals surface area contributed by atoms with Gasteiger partial charge in [-0.2, -0.15) is 39.5 Å². The highest BCUT2D eigenvalue weighted by molar-refractivity contribution is 5.92. The van der Waals surface area contributed by atoms with Crippen LogP contribution in [-0.2, 0) is 27.3 Å². The number of anilines is 1. The van der Waals surface area contributed by atoms with Crippen LogP contribution in [0.4, 0.5) is 50.0 Å². The summed E-state index contributed by atoms with van der Waals surface area (Å²) in [5.41, 5.74) is -4.20. The van der Waals surface area contributed by atoms with Crippen molar-refractivity contribution in [3.05, 3.63) is 64.7 Å². The standard InChI is InChI=1S/C25H23F9N2O3/c1-12(2)39-21(38)36-13(3)11-22(25(32,33)34,17-6-4-5-7-18(17)36)19(20(35)37)14-8-15(23(26,27)28)10-16(9-14)24(29,30)31/h4-10,12-13,19H,11H2,1-3H3,(H2,35,37). The predicted octanol–water partition coefficient (Wildman–Crippen LogP) is 6.94. The highest BCUT2D eigenvalue weighted by Gasteiger charge is 2.66. The van der Waals surface area contributed by atoms with E-state index in [4.69, 9.17) is 10.5 Å². The fourth-order valence-electron chi connectivity index (χ4n) is 5.05. The van der Waals surface area contributed by atoms with Gasteiger partial charge in [-0.05, 0) is 62.6 Å². The number of rotatable bonds is 4. The molecule has 1 heterocycles. The first kappa shape index (κ1) is 30.1. The molecule has 0 radical (unpaired) electrons. The Bertz CT molecular complexity index is 1220. The molecule has 0 aliphatic carbocycles. The lowest BCUT2D eigenvalue weighted by atomic mass is 9.61. The van der Waals surface area contributed by atoms with E-state index in [1.165, 1.54) is 26.8 Å². The zero-order chi connectivity index (χ0) is 29.7. The lowest BCUT2D eigenvalue weighted by molar-refractivity contribution is -0.203. The van der Waals surface area contributed by atoms with E-state index in [-0.39, 0.29) is 23.9 Å². The number of hydrogen-bond donors (Lipinski definition) is 1. The van der Waals surface area contributed by atoms with Gasteiger partial charge in [0.15, 0.2) is 0 Å². The fourth-order valence-corrected chi connectivity index (χ4v) is 5.05. The van der Waals surface area contributed by atoms with Gasteiger partial charge in [0.25, 0.3) is 0 Å². The Morgan fingerprint density at radius 3 is 1.90 bits per heavy atom. The minimum Gasteiger partial charge on any atom is -0.446 e. The predicted molar refractivity (Wildman–Crippen MR) is 121 cm³/mol. The Kier molecular flexibility index (Phi) is 7.67. The van der Waals surface area contributed by atoms with E-state index in [1.54, 1.807) is 0 Å². The van der Waals surface area contributed by atoms with Crippen molar-refractivity contribution in [3.8, 4) is 0 Å². The molecular formula is C25H23F9N2O3. The molecule has 2 aromatic rings. The largest absolute Gasteiger partial charge is 0.446 e. The highest BCUT2D eigenvalue weighted by Crippen LogP contribution is 2.59. The minimum absolute atomic E-state index is 0.0604. The van der Waals surface area contributed by atoms with Crippen molar-refractivity contribution < 1.29 is 53.8 Å². The molecule has 5 nitrogen and oxygen atoms in total. The highest BCUT2D eigenvalue weighted by atomic mass is 19.4. The lowest BCUT2D eigenvalue weighted by Crippen LogP contribution is -2.59. The molecule has 0 saturated heterocycles. The van der Waals surface area contributed by atoms with Crippen LogP contribution in [0.5, 0.6) is 0 Å². The van der Waals surface area contributed by atoms with Gasteiger partial charge in [0.05, 0.1) is 28.8 Å². The number of para-hydroxylation sites is 1. The maximum absolute atomic E-state index is 15.2. The number of nitrogens with two attached hydrogens (primary N) is 1. The van der Waals surface area contributed by atoms with Gasteiger partial charge >= 0.3 is 24.6 Å². The van der Waals surface area contributed by atoms with Crippen LogP contribution in [0, 0.1) is 0 Å². The molecule has 3 rings (SSSR count). The molecule has 0 spiro atoms. The van der Waals surface area contributed by atoms with E-state index < -0.39 is 82.7 Å². The van der Waals surface area contributed by atoms with Crippen molar-refractivity contribution >= 4 is 17.7 Å². The summed E-state index contributed by atoms with van der Waals surface area (Å²) in [4.78, 5) is 26.4. The van der Waals surface area contributed by atoms with Gasteiger partial charge in [0, 0.05) is 6.04 Å². The maximum Gasteiger partial charge on any atom is 0.416 e. The zero-order valence-electron chi connectivity index (χ0n) is 20.6.